The predicted molar refractivity (Wildman–Crippen MR) is 136 cm³/mol. The molecule has 1 aliphatic heterocycles. The van der Waals surface area contributed by atoms with E-state index in [2.05, 4.69) is 52.3 Å². The van der Waals surface area contributed by atoms with Gasteiger partial charge in [-0.25, -0.2) is 0 Å². The second kappa shape index (κ2) is 9.42. The molecule has 1 aromatic carbocycles. The molecule has 0 fully saturated rings. The zero-order valence-corrected chi connectivity index (χ0v) is 20.4. The molecule has 0 amide bonds. The largest absolute Gasteiger partial charge is 0.263 e. The first-order chi connectivity index (χ1) is 18.8. The van der Waals surface area contributed by atoms with Crippen molar-refractivity contribution in [1.29, 1.82) is 0 Å². The first kappa shape index (κ1) is 22.2. The van der Waals surface area contributed by atoms with Gasteiger partial charge in [0.1, 0.15) is 22.8 Å². The van der Waals surface area contributed by atoms with Crippen molar-refractivity contribution in [3.05, 3.63) is 67.5 Å². The molecule has 12 bridgehead atoms. The second-order valence-corrected chi connectivity index (χ2v) is 9.22. The van der Waals surface area contributed by atoms with Gasteiger partial charge < -0.3 is 0 Å². The molecule has 6 heterocycles. The van der Waals surface area contributed by atoms with E-state index >= 15 is 0 Å². The number of nitrogens with zero attached hydrogens (tertiary/aromatic N) is 13. The van der Waals surface area contributed by atoms with Crippen LogP contribution < -0.4 is 0 Å². The summed E-state index contributed by atoms with van der Waals surface area (Å²) in [6, 6.07) is 10.1. The zero-order chi connectivity index (χ0) is 25.3. The first-order valence-electron chi connectivity index (χ1n) is 12.4. The quantitative estimate of drug-likeness (QED) is 0.305. The fraction of sp³-hybridized carbons (Fsp3) is 0.240. The maximum Gasteiger partial charge on any atom is 0.114 e. The number of hydrogen-bond donors (Lipinski definition) is 0. The SMILES string of the molecule is c1cc2cc(c1)-c1cn(nn1)CCCn1cc(nn1)-c1cncc(c1)-c1cn(nn1)CCCn1cc-2nn1. The highest BCUT2D eigenvalue weighted by atomic mass is 15.4. The van der Waals surface area contributed by atoms with Crippen LogP contribution in [0.15, 0.2) is 67.5 Å². The van der Waals surface area contributed by atoms with Crippen LogP contribution in [0.2, 0.25) is 0 Å². The van der Waals surface area contributed by atoms with E-state index in [1.54, 1.807) is 12.4 Å². The summed E-state index contributed by atoms with van der Waals surface area (Å²) in [6.07, 6.45) is 13.0. The van der Waals surface area contributed by atoms with Crippen molar-refractivity contribution in [2.45, 2.75) is 39.0 Å². The fourth-order valence-corrected chi connectivity index (χ4v) is 4.51. The van der Waals surface area contributed by atoms with Crippen molar-refractivity contribution < 1.29 is 0 Å². The van der Waals surface area contributed by atoms with Crippen LogP contribution in [0, 0.1) is 0 Å². The minimum atomic E-state index is 0.703. The van der Waals surface area contributed by atoms with Gasteiger partial charge >= 0.3 is 0 Å². The molecule has 6 aromatic rings. The molecule has 0 aliphatic carbocycles. The summed E-state index contributed by atoms with van der Waals surface area (Å²) in [5, 5.41) is 34.7. The summed E-state index contributed by atoms with van der Waals surface area (Å²) >= 11 is 0. The molecule has 38 heavy (non-hydrogen) atoms. The van der Waals surface area contributed by atoms with E-state index in [1.165, 1.54) is 0 Å². The Kier molecular flexibility index (Phi) is 5.49. The van der Waals surface area contributed by atoms with Crippen LogP contribution in [0.4, 0.5) is 0 Å². The van der Waals surface area contributed by atoms with Crippen LogP contribution in [0.5, 0.6) is 0 Å². The molecule has 7 rings (SSSR count). The number of hydrogen-bond acceptors (Lipinski definition) is 9. The molecule has 0 spiro atoms. The first-order valence-corrected chi connectivity index (χ1v) is 12.4. The zero-order valence-electron chi connectivity index (χ0n) is 20.4. The number of rotatable bonds is 0. The second-order valence-electron chi connectivity index (χ2n) is 9.22. The average molecular weight is 506 g/mol. The van der Waals surface area contributed by atoms with Gasteiger partial charge in [0, 0.05) is 60.8 Å². The minimum absolute atomic E-state index is 0.703. The van der Waals surface area contributed by atoms with Gasteiger partial charge in [0.2, 0.25) is 0 Å². The Bertz CT molecular complexity index is 1460. The summed E-state index contributed by atoms with van der Waals surface area (Å²) in [5.41, 5.74) is 6.87. The van der Waals surface area contributed by atoms with Crippen molar-refractivity contribution in [1.82, 2.24) is 65.0 Å². The van der Waals surface area contributed by atoms with Gasteiger partial charge in [0.15, 0.2) is 0 Å². The lowest BCUT2D eigenvalue weighted by molar-refractivity contribution is 0.484. The van der Waals surface area contributed by atoms with E-state index in [1.807, 2.05) is 67.8 Å². The van der Waals surface area contributed by atoms with Crippen molar-refractivity contribution in [3.63, 3.8) is 0 Å². The van der Waals surface area contributed by atoms with E-state index in [-0.39, 0.29) is 0 Å². The Balaban J connectivity index is 1.20. The van der Waals surface area contributed by atoms with Crippen molar-refractivity contribution in [3.8, 4) is 45.0 Å². The molecule has 0 saturated carbocycles. The van der Waals surface area contributed by atoms with Gasteiger partial charge in [0.05, 0.1) is 24.8 Å². The lowest BCUT2D eigenvalue weighted by Gasteiger charge is -2.02. The smallest absolute Gasteiger partial charge is 0.114 e. The molecule has 0 atom stereocenters. The van der Waals surface area contributed by atoms with Gasteiger partial charge in [-0.05, 0) is 25.0 Å². The third-order valence-corrected chi connectivity index (χ3v) is 6.49. The Morgan fingerprint density at radius 3 is 1.26 bits per heavy atom. The topological polar surface area (TPSA) is 136 Å². The van der Waals surface area contributed by atoms with Crippen molar-refractivity contribution in [2.24, 2.45) is 0 Å². The van der Waals surface area contributed by atoms with E-state index < -0.39 is 0 Å². The number of aromatic nitrogens is 13. The number of benzene rings is 1. The standard InChI is InChI=1S/C25H23N13/c1-4-18-10-19(5-1)23-15-36(32-28-23)7-3-9-38-17-25(30-34-38)21-11-20(12-26-13-21)24-16-37(33-29-24)8-2-6-35-14-22(18)27-31-35/h1,4-5,10-17H,2-3,6-9H2. The van der Waals surface area contributed by atoms with E-state index in [4.69, 9.17) is 0 Å². The molecule has 0 N–H and O–H groups in total. The van der Waals surface area contributed by atoms with E-state index in [0.29, 0.717) is 26.2 Å². The molecule has 5 aromatic heterocycles. The third-order valence-electron chi connectivity index (χ3n) is 6.49. The lowest BCUT2D eigenvalue weighted by Crippen LogP contribution is -2.05. The van der Waals surface area contributed by atoms with Crippen LogP contribution >= 0.6 is 0 Å². The highest BCUT2D eigenvalue weighted by Crippen LogP contribution is 2.25. The summed E-state index contributed by atoms with van der Waals surface area (Å²) in [6.45, 7) is 2.83. The Labute approximate surface area is 216 Å². The van der Waals surface area contributed by atoms with Crippen LogP contribution in [0.1, 0.15) is 12.8 Å². The molecule has 188 valence electrons. The van der Waals surface area contributed by atoms with Crippen LogP contribution in [0.25, 0.3) is 45.0 Å². The van der Waals surface area contributed by atoms with Gasteiger partial charge in [-0.3, -0.25) is 23.7 Å². The number of aryl methyl sites for hydroxylation is 4. The van der Waals surface area contributed by atoms with Gasteiger partial charge in [-0.2, -0.15) is 0 Å². The monoisotopic (exact) mass is 505 g/mol. The fourth-order valence-electron chi connectivity index (χ4n) is 4.51. The lowest BCUT2D eigenvalue weighted by atomic mass is 10.1. The Hall–Kier alpha value is -5.07. The maximum atomic E-state index is 4.40. The van der Waals surface area contributed by atoms with Crippen molar-refractivity contribution in [2.75, 3.05) is 0 Å². The molecule has 13 heteroatoms. The molecular weight excluding hydrogens is 482 g/mol. The molecular formula is C25H23N13. The maximum absolute atomic E-state index is 4.40. The highest BCUT2D eigenvalue weighted by molar-refractivity contribution is 5.68. The van der Waals surface area contributed by atoms with Crippen molar-refractivity contribution >= 4 is 0 Å². The number of pyridine rings is 1. The van der Waals surface area contributed by atoms with E-state index in [0.717, 1.165) is 57.9 Å². The number of fused-ring (bicyclic) bond motifs is 16. The highest BCUT2D eigenvalue weighted by Gasteiger charge is 2.12. The normalized spacial score (nSPS) is 13.7. The van der Waals surface area contributed by atoms with E-state index in [9.17, 15) is 0 Å². The third kappa shape index (κ3) is 4.45. The van der Waals surface area contributed by atoms with Crippen LogP contribution in [0.3, 0.4) is 0 Å². The molecule has 0 saturated heterocycles. The summed E-state index contributed by atoms with van der Waals surface area (Å²) in [5.74, 6) is 0. The summed E-state index contributed by atoms with van der Waals surface area (Å²) in [7, 11) is 0. The van der Waals surface area contributed by atoms with Crippen LogP contribution in [-0.2, 0) is 26.2 Å². The summed E-state index contributed by atoms with van der Waals surface area (Å²) < 4.78 is 7.39. The molecule has 0 radical (unpaired) electrons. The minimum Gasteiger partial charge on any atom is -0.263 e. The van der Waals surface area contributed by atoms with Gasteiger partial charge in [-0.1, -0.05) is 39.1 Å². The Morgan fingerprint density at radius 2 is 0.842 bits per heavy atom. The van der Waals surface area contributed by atoms with Crippen LogP contribution in [-0.4, -0.2) is 65.0 Å². The van der Waals surface area contributed by atoms with Gasteiger partial charge in [-0.15, -0.1) is 20.4 Å². The molecule has 1 aliphatic rings. The summed E-state index contributed by atoms with van der Waals surface area (Å²) in [4.78, 5) is 4.40. The molecule has 0 unspecified atom stereocenters. The molecule has 13 nitrogen and oxygen atoms in total. The average Bonchev–Trinajstić information content (AvgIpc) is 3.76. The predicted octanol–water partition coefficient (Wildman–Crippen LogP) is 2.61. The van der Waals surface area contributed by atoms with Gasteiger partial charge in [0.25, 0.3) is 0 Å². The Morgan fingerprint density at radius 1 is 0.474 bits per heavy atom.